The summed E-state index contributed by atoms with van der Waals surface area (Å²) in [6.45, 7) is 1.90. The van der Waals surface area contributed by atoms with Gasteiger partial charge in [-0.05, 0) is 19.1 Å². The summed E-state index contributed by atoms with van der Waals surface area (Å²) in [5.41, 5.74) is 3.39. The number of rotatable bonds is 5. The number of aromatic nitrogens is 2. The van der Waals surface area contributed by atoms with Gasteiger partial charge in [-0.2, -0.15) is 13.5 Å². The van der Waals surface area contributed by atoms with E-state index in [1.165, 1.54) is 17.6 Å². The maximum Gasteiger partial charge on any atom is 0.276 e. The fourth-order valence-corrected chi connectivity index (χ4v) is 4.17. The van der Waals surface area contributed by atoms with Gasteiger partial charge in [0.1, 0.15) is 0 Å². The molecule has 8 heteroatoms. The topological polar surface area (TPSA) is 75.8 Å². The molecule has 0 unspecified atom stereocenters. The molecule has 4 rings (SSSR count). The summed E-state index contributed by atoms with van der Waals surface area (Å²) < 4.78 is 26.7. The highest BCUT2D eigenvalue weighted by molar-refractivity contribution is 7.89. The van der Waals surface area contributed by atoms with Gasteiger partial charge in [0, 0.05) is 17.1 Å². The minimum Gasteiger partial charge on any atom is -0.289 e. The number of imidazole rings is 1. The second-order valence-electron chi connectivity index (χ2n) is 5.93. The van der Waals surface area contributed by atoms with Crippen LogP contribution in [-0.2, 0) is 10.0 Å². The van der Waals surface area contributed by atoms with Crippen molar-refractivity contribution >= 4 is 32.5 Å². The number of hydrogen-bond acceptors (Lipinski definition) is 5. The molecule has 0 fully saturated rings. The van der Waals surface area contributed by atoms with Gasteiger partial charge in [-0.25, -0.2) is 9.82 Å². The molecule has 0 saturated heterocycles. The van der Waals surface area contributed by atoms with Gasteiger partial charge in [0.25, 0.3) is 10.0 Å². The Morgan fingerprint density at radius 2 is 1.85 bits per heavy atom. The van der Waals surface area contributed by atoms with Gasteiger partial charge in [-0.15, -0.1) is 11.3 Å². The molecule has 0 aliphatic rings. The highest BCUT2D eigenvalue weighted by atomic mass is 32.2. The molecule has 0 amide bonds. The molecule has 0 radical (unpaired) electrons. The van der Waals surface area contributed by atoms with E-state index in [0.717, 1.165) is 21.8 Å². The van der Waals surface area contributed by atoms with Crippen molar-refractivity contribution in [3.8, 4) is 11.3 Å². The quantitative estimate of drug-likeness (QED) is 0.413. The standard InChI is InChI=1S/C19H16N4O2S2/c1-14-7-9-16(10-8-14)27(24,25)22-20-13-17-18(15-5-3-2-4-6-15)21-19-23(17)11-12-26-19/h2-13,22H,1H3. The molecule has 2 aromatic carbocycles. The predicted octanol–water partition coefficient (Wildman–Crippen LogP) is 3.68. The average molecular weight is 396 g/mol. The van der Waals surface area contributed by atoms with E-state index >= 15 is 0 Å². The van der Waals surface area contributed by atoms with Gasteiger partial charge in [0.2, 0.25) is 0 Å². The molecule has 2 aromatic heterocycles. The van der Waals surface area contributed by atoms with Gasteiger partial charge >= 0.3 is 0 Å². The van der Waals surface area contributed by atoms with Gasteiger partial charge in [-0.3, -0.25) is 4.40 Å². The lowest BCUT2D eigenvalue weighted by Crippen LogP contribution is -2.18. The zero-order valence-electron chi connectivity index (χ0n) is 14.4. The Bertz CT molecular complexity index is 1210. The Kier molecular flexibility index (Phi) is 4.51. The lowest BCUT2D eigenvalue weighted by atomic mass is 10.1. The monoisotopic (exact) mass is 396 g/mol. The Labute approximate surface area is 160 Å². The smallest absolute Gasteiger partial charge is 0.276 e. The second-order valence-corrected chi connectivity index (χ2v) is 8.47. The number of sulfonamides is 1. The minimum atomic E-state index is -3.72. The molecule has 0 spiro atoms. The first kappa shape index (κ1) is 17.4. The molecular formula is C19H16N4O2S2. The van der Waals surface area contributed by atoms with Crippen LogP contribution in [0.15, 0.2) is 76.2 Å². The molecule has 2 heterocycles. The van der Waals surface area contributed by atoms with Crippen molar-refractivity contribution in [1.82, 2.24) is 14.2 Å². The predicted molar refractivity (Wildman–Crippen MR) is 108 cm³/mol. The van der Waals surface area contributed by atoms with Crippen molar-refractivity contribution in [2.45, 2.75) is 11.8 Å². The van der Waals surface area contributed by atoms with Gasteiger partial charge < -0.3 is 0 Å². The van der Waals surface area contributed by atoms with E-state index in [0.29, 0.717) is 5.69 Å². The number of aryl methyl sites for hydroxylation is 1. The molecule has 1 N–H and O–H groups in total. The van der Waals surface area contributed by atoms with Crippen LogP contribution in [0.1, 0.15) is 11.3 Å². The Morgan fingerprint density at radius 3 is 2.59 bits per heavy atom. The SMILES string of the molecule is Cc1ccc(S(=O)(=O)NN=Cc2c(-c3ccccc3)nc3sccn23)cc1. The van der Waals surface area contributed by atoms with E-state index in [9.17, 15) is 8.42 Å². The van der Waals surface area contributed by atoms with Crippen molar-refractivity contribution in [1.29, 1.82) is 0 Å². The molecular weight excluding hydrogens is 380 g/mol. The summed E-state index contributed by atoms with van der Waals surface area (Å²) in [4.78, 5) is 7.90. The summed E-state index contributed by atoms with van der Waals surface area (Å²) in [7, 11) is -3.72. The van der Waals surface area contributed by atoms with Gasteiger partial charge in [0.15, 0.2) is 4.96 Å². The van der Waals surface area contributed by atoms with E-state index in [1.54, 1.807) is 24.3 Å². The van der Waals surface area contributed by atoms with Crippen LogP contribution < -0.4 is 4.83 Å². The van der Waals surface area contributed by atoms with E-state index in [4.69, 9.17) is 0 Å². The van der Waals surface area contributed by atoms with Gasteiger partial charge in [-0.1, -0.05) is 48.0 Å². The van der Waals surface area contributed by atoms with Gasteiger partial charge in [0.05, 0.1) is 22.5 Å². The van der Waals surface area contributed by atoms with Crippen LogP contribution in [-0.4, -0.2) is 24.0 Å². The summed E-state index contributed by atoms with van der Waals surface area (Å²) in [5.74, 6) is 0. The number of benzene rings is 2. The number of hydrazone groups is 1. The molecule has 0 bridgehead atoms. The van der Waals surface area contributed by atoms with Crippen LogP contribution in [0, 0.1) is 6.92 Å². The third-order valence-electron chi connectivity index (χ3n) is 4.04. The maximum atomic E-state index is 12.4. The van der Waals surface area contributed by atoms with Crippen molar-refractivity contribution < 1.29 is 8.42 Å². The highest BCUT2D eigenvalue weighted by Crippen LogP contribution is 2.25. The van der Waals surface area contributed by atoms with Crippen molar-refractivity contribution in [2.24, 2.45) is 5.10 Å². The molecule has 4 aromatic rings. The van der Waals surface area contributed by atoms with Crippen LogP contribution >= 0.6 is 11.3 Å². The Morgan fingerprint density at radius 1 is 1.11 bits per heavy atom. The molecule has 0 saturated carbocycles. The summed E-state index contributed by atoms with van der Waals surface area (Å²) in [6, 6.07) is 16.3. The first-order valence-corrected chi connectivity index (χ1v) is 10.5. The van der Waals surface area contributed by atoms with Crippen LogP contribution in [0.2, 0.25) is 0 Å². The van der Waals surface area contributed by atoms with E-state index < -0.39 is 10.0 Å². The Hall–Kier alpha value is -2.97. The normalized spacial score (nSPS) is 12.0. The van der Waals surface area contributed by atoms with Crippen molar-refractivity contribution in [3.05, 3.63) is 77.4 Å². The first-order chi connectivity index (χ1) is 13.0. The third kappa shape index (κ3) is 3.49. The number of hydrogen-bond donors (Lipinski definition) is 1. The van der Waals surface area contributed by atoms with E-state index in [-0.39, 0.29) is 4.90 Å². The molecule has 0 aliphatic heterocycles. The minimum absolute atomic E-state index is 0.169. The van der Waals surface area contributed by atoms with Crippen LogP contribution in [0.5, 0.6) is 0 Å². The summed E-state index contributed by atoms with van der Waals surface area (Å²) >= 11 is 1.51. The molecule has 27 heavy (non-hydrogen) atoms. The summed E-state index contributed by atoms with van der Waals surface area (Å²) in [6.07, 6.45) is 3.37. The third-order valence-corrected chi connectivity index (χ3v) is 6.03. The maximum absolute atomic E-state index is 12.4. The number of nitrogens with one attached hydrogen (secondary N) is 1. The molecule has 6 nitrogen and oxygen atoms in total. The number of thiazole rings is 1. The summed E-state index contributed by atoms with van der Waals surface area (Å²) in [5, 5.41) is 5.90. The van der Waals surface area contributed by atoms with E-state index in [2.05, 4.69) is 14.9 Å². The lowest BCUT2D eigenvalue weighted by Gasteiger charge is -2.04. The van der Waals surface area contributed by atoms with Crippen molar-refractivity contribution in [3.63, 3.8) is 0 Å². The molecule has 0 atom stereocenters. The molecule has 136 valence electrons. The zero-order valence-corrected chi connectivity index (χ0v) is 16.0. The fraction of sp³-hybridized carbons (Fsp3) is 0.0526. The highest BCUT2D eigenvalue weighted by Gasteiger charge is 2.15. The number of nitrogens with zero attached hydrogens (tertiary/aromatic N) is 3. The zero-order chi connectivity index (χ0) is 18.9. The van der Waals surface area contributed by atoms with Crippen LogP contribution in [0.25, 0.3) is 16.2 Å². The number of fused-ring (bicyclic) bond motifs is 1. The van der Waals surface area contributed by atoms with E-state index in [1.807, 2.05) is 53.2 Å². The molecule has 0 aliphatic carbocycles. The van der Waals surface area contributed by atoms with Crippen LogP contribution in [0.4, 0.5) is 0 Å². The Balaban J connectivity index is 1.67. The van der Waals surface area contributed by atoms with Crippen LogP contribution in [0.3, 0.4) is 0 Å². The lowest BCUT2D eigenvalue weighted by molar-refractivity contribution is 0.584. The largest absolute Gasteiger partial charge is 0.289 e. The second kappa shape index (κ2) is 6.98. The average Bonchev–Trinajstić information content (AvgIpc) is 3.25. The first-order valence-electron chi connectivity index (χ1n) is 8.17. The van der Waals surface area contributed by atoms with Crippen molar-refractivity contribution in [2.75, 3.05) is 0 Å². The fourth-order valence-electron chi connectivity index (χ4n) is 2.66.